The Kier molecular flexibility index (Phi) is 5.92. The molecule has 4 aromatic rings. The van der Waals surface area contributed by atoms with Crippen LogP contribution in [0.2, 0.25) is 0 Å². The molecule has 10 heteroatoms. The number of ether oxygens (including phenoxy) is 1. The van der Waals surface area contributed by atoms with Crippen molar-refractivity contribution in [2.45, 2.75) is 12.6 Å². The number of anilines is 2. The van der Waals surface area contributed by atoms with Crippen LogP contribution in [-0.4, -0.2) is 64.1 Å². The average Bonchev–Trinajstić information content (AvgIpc) is 3.36. The second-order valence-corrected chi connectivity index (χ2v) is 8.46. The number of nitrogens with one attached hydrogen (secondary N) is 1. The molecule has 2 aliphatic heterocycles. The van der Waals surface area contributed by atoms with E-state index in [4.69, 9.17) is 14.1 Å². The number of ketones is 1. The molecule has 180 valence electrons. The highest BCUT2D eigenvalue weighted by molar-refractivity contribution is 6.16. The molecule has 36 heavy (non-hydrogen) atoms. The molecule has 0 saturated carbocycles. The molecule has 0 spiro atoms. The number of fused-ring (bicyclic) bond motifs is 1. The molecule has 0 unspecified atom stereocenters. The van der Waals surface area contributed by atoms with Gasteiger partial charge >= 0.3 is 6.01 Å². The minimum atomic E-state index is -0.879. The van der Waals surface area contributed by atoms with Gasteiger partial charge in [-0.1, -0.05) is 59.7 Å². The lowest BCUT2D eigenvalue weighted by Gasteiger charge is -2.27. The first kappa shape index (κ1) is 22.1. The van der Waals surface area contributed by atoms with E-state index in [1.807, 2.05) is 54.6 Å². The van der Waals surface area contributed by atoms with Gasteiger partial charge in [0.2, 0.25) is 0 Å². The van der Waals surface area contributed by atoms with Crippen molar-refractivity contribution in [3.8, 4) is 11.6 Å². The van der Waals surface area contributed by atoms with E-state index in [-0.39, 0.29) is 24.1 Å². The van der Waals surface area contributed by atoms with Gasteiger partial charge in [0.05, 0.1) is 31.3 Å². The first-order chi connectivity index (χ1) is 17.7. The van der Waals surface area contributed by atoms with Crippen LogP contribution in [0, 0.1) is 0 Å². The number of aliphatic imine (C=N–C) groups is 1. The average molecular weight is 482 g/mol. The van der Waals surface area contributed by atoms with Gasteiger partial charge < -0.3 is 19.4 Å². The zero-order valence-electron chi connectivity index (χ0n) is 19.4. The smallest absolute Gasteiger partial charge is 0.317 e. The third-order valence-electron chi connectivity index (χ3n) is 6.13. The maximum absolute atomic E-state index is 13.1. The van der Waals surface area contributed by atoms with Crippen molar-refractivity contribution in [3.63, 3.8) is 0 Å². The SMILES string of the molecule is O=C1Cc2ccccc2C(c2ccccc2)=N[C@@H]1Nc1nnc(-c2cnc(N3CCOCC3)cn2)o1. The van der Waals surface area contributed by atoms with Crippen molar-refractivity contribution in [3.05, 3.63) is 83.7 Å². The number of nitrogens with zero attached hydrogens (tertiary/aromatic N) is 6. The Balaban J connectivity index is 1.25. The second kappa shape index (κ2) is 9.67. The molecule has 0 aliphatic carbocycles. The van der Waals surface area contributed by atoms with E-state index in [0.29, 0.717) is 18.9 Å². The molecule has 10 nitrogen and oxygen atoms in total. The third kappa shape index (κ3) is 4.46. The van der Waals surface area contributed by atoms with Gasteiger partial charge in [-0.2, -0.15) is 0 Å². The van der Waals surface area contributed by atoms with Crippen molar-refractivity contribution in [1.82, 2.24) is 20.2 Å². The summed E-state index contributed by atoms with van der Waals surface area (Å²) in [5.41, 5.74) is 3.97. The largest absolute Gasteiger partial charge is 0.402 e. The summed E-state index contributed by atoms with van der Waals surface area (Å²) < 4.78 is 11.2. The molecule has 2 aromatic heterocycles. The number of rotatable bonds is 5. The minimum absolute atomic E-state index is 0.0875. The van der Waals surface area contributed by atoms with Crippen LogP contribution in [0.1, 0.15) is 16.7 Å². The van der Waals surface area contributed by atoms with E-state index < -0.39 is 6.17 Å². The fourth-order valence-corrected chi connectivity index (χ4v) is 4.29. The molecule has 1 N–H and O–H groups in total. The van der Waals surface area contributed by atoms with E-state index in [1.54, 1.807) is 12.4 Å². The summed E-state index contributed by atoms with van der Waals surface area (Å²) >= 11 is 0. The normalized spacial score (nSPS) is 17.8. The molecule has 6 rings (SSSR count). The van der Waals surface area contributed by atoms with Crippen LogP contribution in [0.4, 0.5) is 11.8 Å². The first-order valence-corrected chi connectivity index (χ1v) is 11.7. The van der Waals surface area contributed by atoms with Crippen molar-refractivity contribution >= 4 is 23.3 Å². The van der Waals surface area contributed by atoms with Gasteiger partial charge in [-0.15, -0.1) is 5.10 Å². The Hall–Kier alpha value is -4.44. The Morgan fingerprint density at radius 3 is 2.53 bits per heavy atom. The Bertz CT molecular complexity index is 1400. The summed E-state index contributed by atoms with van der Waals surface area (Å²) in [6, 6.07) is 17.7. The van der Waals surface area contributed by atoms with Crippen LogP contribution >= 0.6 is 0 Å². The highest BCUT2D eigenvalue weighted by atomic mass is 16.5. The zero-order chi connectivity index (χ0) is 24.3. The summed E-state index contributed by atoms with van der Waals surface area (Å²) in [4.78, 5) is 28.9. The highest BCUT2D eigenvalue weighted by Crippen LogP contribution is 2.24. The van der Waals surface area contributed by atoms with E-state index in [2.05, 4.69) is 30.4 Å². The predicted octanol–water partition coefficient (Wildman–Crippen LogP) is 2.76. The van der Waals surface area contributed by atoms with Crippen molar-refractivity contribution < 1.29 is 13.9 Å². The number of benzene rings is 2. The maximum Gasteiger partial charge on any atom is 0.317 e. The first-order valence-electron chi connectivity index (χ1n) is 11.7. The van der Waals surface area contributed by atoms with Crippen LogP contribution < -0.4 is 10.2 Å². The van der Waals surface area contributed by atoms with Gasteiger partial charge in [-0.3, -0.25) is 9.79 Å². The summed E-state index contributed by atoms with van der Waals surface area (Å²) in [6.07, 6.45) is 2.64. The van der Waals surface area contributed by atoms with E-state index in [1.165, 1.54) is 0 Å². The number of aromatic nitrogens is 4. The van der Waals surface area contributed by atoms with E-state index in [9.17, 15) is 4.79 Å². The molecule has 4 heterocycles. The highest BCUT2D eigenvalue weighted by Gasteiger charge is 2.27. The fraction of sp³-hybridized carbons (Fsp3) is 0.231. The van der Waals surface area contributed by atoms with Gasteiger partial charge in [0.25, 0.3) is 5.89 Å². The second-order valence-electron chi connectivity index (χ2n) is 8.46. The van der Waals surface area contributed by atoms with Crippen LogP contribution in [0.25, 0.3) is 11.6 Å². The van der Waals surface area contributed by atoms with Crippen molar-refractivity contribution in [1.29, 1.82) is 0 Å². The number of hydrogen-bond acceptors (Lipinski definition) is 10. The molecule has 1 saturated heterocycles. The quantitative estimate of drug-likeness (QED) is 0.459. The summed E-state index contributed by atoms with van der Waals surface area (Å²) in [5, 5.41) is 11.2. The topological polar surface area (TPSA) is 119 Å². The van der Waals surface area contributed by atoms with Crippen LogP contribution in [0.3, 0.4) is 0 Å². The summed E-state index contributed by atoms with van der Waals surface area (Å²) in [7, 11) is 0. The summed E-state index contributed by atoms with van der Waals surface area (Å²) in [6.45, 7) is 2.88. The van der Waals surface area contributed by atoms with E-state index >= 15 is 0 Å². The molecular formula is C26H23N7O3. The molecule has 1 fully saturated rings. The standard InChI is InChI=1S/C26H23N7O3/c34-21-14-18-8-4-5-9-19(18)23(17-6-2-1-3-7-17)29-24(21)30-26-32-31-25(36-26)20-15-28-22(16-27-20)33-10-12-35-13-11-33/h1-9,15-16,24H,10-14H2,(H,30,32)/t24-/m1/s1. The Morgan fingerprint density at radius 1 is 0.917 bits per heavy atom. The molecular weight excluding hydrogens is 458 g/mol. The summed E-state index contributed by atoms with van der Waals surface area (Å²) in [5.74, 6) is 0.879. The lowest BCUT2D eigenvalue weighted by molar-refractivity contribution is -0.119. The van der Waals surface area contributed by atoms with Gasteiger partial charge in [-0.05, 0) is 5.56 Å². The third-order valence-corrected chi connectivity index (χ3v) is 6.13. The fourth-order valence-electron chi connectivity index (χ4n) is 4.29. The van der Waals surface area contributed by atoms with Crippen molar-refractivity contribution in [2.75, 3.05) is 36.5 Å². The monoisotopic (exact) mass is 481 g/mol. The lowest BCUT2D eigenvalue weighted by atomic mass is 9.96. The molecule has 0 amide bonds. The van der Waals surface area contributed by atoms with E-state index in [0.717, 1.165) is 41.3 Å². The predicted molar refractivity (Wildman–Crippen MR) is 133 cm³/mol. The molecule has 2 aliphatic rings. The van der Waals surface area contributed by atoms with Gasteiger partial charge in [-0.25, -0.2) is 9.97 Å². The number of carbonyl (C=O) groups is 1. The van der Waals surface area contributed by atoms with Crippen LogP contribution in [-0.2, 0) is 16.0 Å². The number of carbonyl (C=O) groups excluding carboxylic acids is 1. The molecule has 2 aromatic carbocycles. The van der Waals surface area contributed by atoms with Gasteiger partial charge in [0.1, 0.15) is 11.5 Å². The number of hydrogen-bond donors (Lipinski definition) is 1. The zero-order valence-corrected chi connectivity index (χ0v) is 19.4. The Labute approximate surface area is 207 Å². The maximum atomic E-state index is 13.1. The van der Waals surface area contributed by atoms with Gasteiger partial charge in [0, 0.05) is 30.6 Å². The number of morpholine rings is 1. The Morgan fingerprint density at radius 2 is 1.72 bits per heavy atom. The molecule has 0 radical (unpaired) electrons. The van der Waals surface area contributed by atoms with Gasteiger partial charge in [0.15, 0.2) is 11.9 Å². The van der Waals surface area contributed by atoms with Crippen LogP contribution in [0.15, 0.2) is 76.4 Å². The molecule has 0 bridgehead atoms. The molecule has 1 atom stereocenters. The minimum Gasteiger partial charge on any atom is -0.402 e. The van der Waals surface area contributed by atoms with Crippen LogP contribution in [0.5, 0.6) is 0 Å². The number of Topliss-reactive ketones (excluding diaryl/α,β-unsaturated/α-hetero) is 1. The van der Waals surface area contributed by atoms with Crippen molar-refractivity contribution in [2.24, 2.45) is 4.99 Å². The lowest BCUT2D eigenvalue weighted by Crippen LogP contribution is -2.36.